The summed E-state index contributed by atoms with van der Waals surface area (Å²) in [6.45, 7) is 5.04. The van der Waals surface area contributed by atoms with Crippen molar-refractivity contribution in [3.8, 4) is 5.75 Å². The SMILES string of the molecule is CC(=O)c1cc(C)ccc1OC(=O)c1nc(S(=O)(=O)Cc2ccc(C)cc2)ncc1Cl. The highest BCUT2D eigenvalue weighted by Gasteiger charge is 2.25. The van der Waals surface area contributed by atoms with Crippen LogP contribution in [0.25, 0.3) is 0 Å². The highest BCUT2D eigenvalue weighted by molar-refractivity contribution is 7.90. The molecule has 3 rings (SSSR count). The fourth-order valence-corrected chi connectivity index (χ4v) is 4.14. The second-order valence-electron chi connectivity index (χ2n) is 7.04. The molecule has 0 spiro atoms. The zero-order valence-corrected chi connectivity index (χ0v) is 18.6. The number of nitrogens with zero attached hydrogens (tertiary/aromatic N) is 2. The van der Waals surface area contributed by atoms with E-state index in [1.165, 1.54) is 13.0 Å². The van der Waals surface area contributed by atoms with Crippen molar-refractivity contribution in [3.05, 3.63) is 81.6 Å². The number of carbonyl (C=O) groups is 2. The zero-order chi connectivity index (χ0) is 22.8. The van der Waals surface area contributed by atoms with Crippen LogP contribution in [-0.2, 0) is 15.6 Å². The van der Waals surface area contributed by atoms with Crippen LogP contribution in [0, 0.1) is 13.8 Å². The number of ether oxygens (including phenoxy) is 1. The normalized spacial score (nSPS) is 11.2. The first kappa shape index (κ1) is 22.6. The maximum absolute atomic E-state index is 12.7. The Morgan fingerprint density at radius 2 is 1.68 bits per heavy atom. The van der Waals surface area contributed by atoms with Gasteiger partial charge in [-0.25, -0.2) is 23.2 Å². The summed E-state index contributed by atoms with van der Waals surface area (Å²) in [5, 5.41) is -0.712. The molecule has 0 bridgehead atoms. The molecule has 0 saturated heterocycles. The van der Waals surface area contributed by atoms with Gasteiger partial charge in [0.25, 0.3) is 0 Å². The Bertz CT molecular complexity index is 1270. The second-order valence-corrected chi connectivity index (χ2v) is 9.33. The van der Waals surface area contributed by atoms with Crippen molar-refractivity contribution in [1.82, 2.24) is 9.97 Å². The van der Waals surface area contributed by atoms with Gasteiger partial charge in [0.2, 0.25) is 15.0 Å². The summed E-state index contributed by atoms with van der Waals surface area (Å²) in [6.07, 6.45) is 1.04. The van der Waals surface area contributed by atoms with Gasteiger partial charge < -0.3 is 4.74 Å². The molecule has 7 nitrogen and oxygen atoms in total. The van der Waals surface area contributed by atoms with Crippen molar-refractivity contribution in [1.29, 1.82) is 0 Å². The van der Waals surface area contributed by atoms with Gasteiger partial charge in [0.05, 0.1) is 22.5 Å². The average Bonchev–Trinajstić information content (AvgIpc) is 2.70. The Kier molecular flexibility index (Phi) is 6.52. The van der Waals surface area contributed by atoms with E-state index in [0.717, 1.165) is 17.3 Å². The average molecular weight is 459 g/mol. The predicted octanol–water partition coefficient (Wildman–Crippen LogP) is 4.14. The molecule has 0 fully saturated rings. The first-order chi connectivity index (χ1) is 14.6. The number of aryl methyl sites for hydroxylation is 2. The van der Waals surface area contributed by atoms with Gasteiger partial charge in [0.15, 0.2) is 11.5 Å². The number of hydrogen-bond acceptors (Lipinski definition) is 7. The van der Waals surface area contributed by atoms with Gasteiger partial charge in [-0.15, -0.1) is 0 Å². The number of halogens is 1. The van der Waals surface area contributed by atoms with Crippen molar-refractivity contribution < 1.29 is 22.7 Å². The largest absolute Gasteiger partial charge is 0.421 e. The molecule has 0 aliphatic rings. The molecular weight excluding hydrogens is 440 g/mol. The van der Waals surface area contributed by atoms with Crippen LogP contribution in [0.1, 0.15) is 44.5 Å². The molecule has 9 heteroatoms. The summed E-state index contributed by atoms with van der Waals surface area (Å²) in [4.78, 5) is 32.2. The van der Waals surface area contributed by atoms with E-state index in [4.69, 9.17) is 16.3 Å². The summed E-state index contributed by atoms with van der Waals surface area (Å²) < 4.78 is 30.8. The third-order valence-electron chi connectivity index (χ3n) is 4.39. The quantitative estimate of drug-likeness (QED) is 0.236. The van der Waals surface area contributed by atoms with Crippen LogP contribution in [0.5, 0.6) is 5.75 Å². The van der Waals surface area contributed by atoms with Crippen molar-refractivity contribution in [3.63, 3.8) is 0 Å². The second kappa shape index (κ2) is 8.95. The Morgan fingerprint density at radius 3 is 2.32 bits per heavy atom. The van der Waals surface area contributed by atoms with Crippen LogP contribution < -0.4 is 4.74 Å². The number of carbonyl (C=O) groups excluding carboxylic acids is 2. The summed E-state index contributed by atoms with van der Waals surface area (Å²) in [7, 11) is -3.94. The number of hydrogen-bond donors (Lipinski definition) is 0. The summed E-state index contributed by atoms with van der Waals surface area (Å²) in [5.74, 6) is -1.59. The molecule has 0 unspecified atom stereocenters. The van der Waals surface area contributed by atoms with E-state index >= 15 is 0 Å². The lowest BCUT2D eigenvalue weighted by Gasteiger charge is -2.10. The molecule has 3 aromatic rings. The smallest absolute Gasteiger partial charge is 0.364 e. The van der Waals surface area contributed by atoms with E-state index in [1.54, 1.807) is 43.3 Å². The fraction of sp³-hybridized carbons (Fsp3) is 0.182. The molecule has 0 aliphatic heterocycles. The standard InChI is InChI=1S/C22H19ClN2O5S/c1-13-4-7-16(8-5-13)12-31(28,29)22-24-11-18(23)20(25-22)21(27)30-19-9-6-14(2)10-17(19)15(3)26/h4-11H,12H2,1-3H3. The molecule has 0 amide bonds. The molecule has 160 valence electrons. The first-order valence-corrected chi connectivity index (χ1v) is 11.2. The van der Waals surface area contributed by atoms with E-state index < -0.39 is 26.7 Å². The minimum Gasteiger partial charge on any atom is -0.421 e. The zero-order valence-electron chi connectivity index (χ0n) is 17.0. The van der Waals surface area contributed by atoms with Crippen LogP contribution in [0.15, 0.2) is 53.8 Å². The number of ketones is 1. The fourth-order valence-electron chi connectivity index (χ4n) is 2.77. The van der Waals surface area contributed by atoms with E-state index in [-0.39, 0.29) is 27.9 Å². The van der Waals surface area contributed by atoms with Crippen LogP contribution in [0.4, 0.5) is 0 Å². The Labute approximate surface area is 185 Å². The molecule has 1 heterocycles. The molecule has 31 heavy (non-hydrogen) atoms. The molecule has 0 N–H and O–H groups in total. The Morgan fingerprint density at radius 1 is 1.03 bits per heavy atom. The van der Waals surface area contributed by atoms with Gasteiger partial charge in [-0.05, 0) is 38.5 Å². The molecule has 1 aromatic heterocycles. The molecule has 0 saturated carbocycles. The molecule has 0 aliphatic carbocycles. The number of aromatic nitrogens is 2. The third kappa shape index (κ3) is 5.34. The van der Waals surface area contributed by atoms with Crippen molar-refractivity contribution in [2.24, 2.45) is 0 Å². The Balaban J connectivity index is 1.91. The molecular formula is C22H19ClN2O5S. The number of rotatable bonds is 6. The molecule has 0 atom stereocenters. The lowest BCUT2D eigenvalue weighted by Crippen LogP contribution is -2.17. The van der Waals surface area contributed by atoms with E-state index in [0.29, 0.717) is 5.56 Å². The van der Waals surface area contributed by atoms with Crippen molar-refractivity contribution in [2.75, 3.05) is 0 Å². The van der Waals surface area contributed by atoms with Gasteiger partial charge in [-0.2, -0.15) is 0 Å². The summed E-state index contributed by atoms with van der Waals surface area (Å²) in [5.41, 5.74) is 2.17. The van der Waals surface area contributed by atoms with Crippen LogP contribution in [0.3, 0.4) is 0 Å². The van der Waals surface area contributed by atoms with Crippen LogP contribution in [0.2, 0.25) is 5.02 Å². The topological polar surface area (TPSA) is 103 Å². The van der Waals surface area contributed by atoms with Gasteiger partial charge in [0.1, 0.15) is 5.75 Å². The lowest BCUT2D eigenvalue weighted by atomic mass is 10.1. The highest BCUT2D eigenvalue weighted by atomic mass is 35.5. The van der Waals surface area contributed by atoms with E-state index in [1.807, 2.05) is 6.92 Å². The minimum atomic E-state index is -3.94. The number of benzene rings is 2. The molecule has 0 radical (unpaired) electrons. The van der Waals surface area contributed by atoms with Crippen LogP contribution in [-0.4, -0.2) is 30.1 Å². The number of sulfone groups is 1. The predicted molar refractivity (Wildman–Crippen MR) is 115 cm³/mol. The summed E-state index contributed by atoms with van der Waals surface area (Å²) in [6, 6.07) is 11.7. The van der Waals surface area contributed by atoms with E-state index in [9.17, 15) is 18.0 Å². The Hall–Kier alpha value is -3.10. The van der Waals surface area contributed by atoms with Gasteiger partial charge >= 0.3 is 5.97 Å². The van der Waals surface area contributed by atoms with Gasteiger partial charge in [-0.3, -0.25) is 4.79 Å². The van der Waals surface area contributed by atoms with Gasteiger partial charge in [0, 0.05) is 0 Å². The monoisotopic (exact) mass is 458 g/mol. The maximum Gasteiger partial charge on any atom is 0.364 e. The first-order valence-electron chi connectivity index (χ1n) is 9.21. The van der Waals surface area contributed by atoms with Gasteiger partial charge in [-0.1, -0.05) is 53.1 Å². The summed E-state index contributed by atoms with van der Waals surface area (Å²) >= 11 is 6.02. The highest BCUT2D eigenvalue weighted by Crippen LogP contribution is 2.24. The molecule has 2 aromatic carbocycles. The van der Waals surface area contributed by atoms with Crippen molar-refractivity contribution >= 4 is 33.2 Å². The number of esters is 1. The minimum absolute atomic E-state index is 0.0295. The number of Topliss-reactive ketones (excluding diaryl/α,β-unsaturated/α-hetero) is 1. The van der Waals surface area contributed by atoms with Crippen molar-refractivity contribution in [2.45, 2.75) is 31.7 Å². The maximum atomic E-state index is 12.7. The lowest BCUT2D eigenvalue weighted by molar-refractivity contribution is 0.0725. The van der Waals surface area contributed by atoms with Crippen LogP contribution >= 0.6 is 11.6 Å². The van der Waals surface area contributed by atoms with E-state index in [2.05, 4.69) is 9.97 Å². The third-order valence-corrected chi connectivity index (χ3v) is 6.13.